The third-order valence-electron chi connectivity index (χ3n) is 1.68. The molecule has 0 aromatic carbocycles. The van der Waals surface area contributed by atoms with Crippen molar-refractivity contribution in [3.63, 3.8) is 0 Å². The molecule has 1 N–H and O–H groups in total. The van der Waals surface area contributed by atoms with Crippen molar-refractivity contribution in [2.75, 3.05) is 0 Å². The molecule has 0 rings (SSSR count). The van der Waals surface area contributed by atoms with Gasteiger partial charge in [-0.2, -0.15) is 0 Å². The number of hydrogen-bond acceptors (Lipinski definition) is 3. The summed E-state index contributed by atoms with van der Waals surface area (Å²) >= 11 is 0. The minimum absolute atomic E-state index is 0.0126. The van der Waals surface area contributed by atoms with Crippen LogP contribution in [0, 0.1) is 5.41 Å². The van der Waals surface area contributed by atoms with Gasteiger partial charge >= 0.3 is 0 Å². The molecule has 0 heterocycles. The summed E-state index contributed by atoms with van der Waals surface area (Å²) in [7, 11) is 0. The van der Waals surface area contributed by atoms with Crippen LogP contribution in [0.15, 0.2) is 0 Å². The Morgan fingerprint density at radius 3 is 2.18 bits per heavy atom. The van der Waals surface area contributed by atoms with E-state index < -0.39 is 0 Å². The molecule has 0 radical (unpaired) electrons. The van der Waals surface area contributed by atoms with Gasteiger partial charge in [0, 0.05) is 0 Å². The zero-order chi connectivity index (χ0) is 8.91. The summed E-state index contributed by atoms with van der Waals surface area (Å²) in [6.07, 6.45) is 1.87. The Kier molecular flexibility index (Phi) is 4.65. The summed E-state index contributed by atoms with van der Waals surface area (Å²) in [5.74, 6) is 0. The number of rotatable bonds is 4. The summed E-state index contributed by atoms with van der Waals surface area (Å²) in [6.45, 7) is 8.21. The maximum atomic E-state index is 8.10. The van der Waals surface area contributed by atoms with E-state index in [1.165, 1.54) is 0 Å². The molecule has 0 aromatic heterocycles. The summed E-state index contributed by atoms with van der Waals surface area (Å²) in [4.78, 5) is 4.70. The third-order valence-corrected chi connectivity index (χ3v) is 1.68. The summed E-state index contributed by atoms with van der Waals surface area (Å²) in [5.41, 5.74) is 0.0126. The van der Waals surface area contributed by atoms with Crippen molar-refractivity contribution >= 4 is 0 Å². The second-order valence-corrected chi connectivity index (χ2v) is 3.81. The van der Waals surface area contributed by atoms with Crippen molar-refractivity contribution in [2.45, 2.75) is 46.6 Å². The first-order chi connectivity index (χ1) is 5.02. The topological polar surface area (TPSA) is 38.7 Å². The standard InChI is InChI=1S/C8H18O3/c1-5-6-7(10-11-9)8(2,3)4/h7,9H,5-6H2,1-4H3. The molecule has 11 heavy (non-hydrogen) atoms. The van der Waals surface area contributed by atoms with Gasteiger partial charge in [-0.25, -0.2) is 10.1 Å². The molecule has 0 bridgehead atoms. The molecule has 0 aliphatic heterocycles. The van der Waals surface area contributed by atoms with Crippen molar-refractivity contribution in [3.05, 3.63) is 0 Å². The van der Waals surface area contributed by atoms with Crippen molar-refractivity contribution in [3.8, 4) is 0 Å². The van der Waals surface area contributed by atoms with Crippen LogP contribution in [0.2, 0.25) is 0 Å². The van der Waals surface area contributed by atoms with Gasteiger partial charge in [0.2, 0.25) is 0 Å². The largest absolute Gasteiger partial charge is 0.221 e. The van der Waals surface area contributed by atoms with Crippen LogP contribution in [-0.2, 0) is 9.93 Å². The summed E-state index contributed by atoms with van der Waals surface area (Å²) in [6, 6.07) is 0. The van der Waals surface area contributed by atoms with E-state index in [1.807, 2.05) is 20.8 Å². The Morgan fingerprint density at radius 1 is 1.36 bits per heavy atom. The molecule has 0 spiro atoms. The van der Waals surface area contributed by atoms with Crippen LogP contribution in [0.1, 0.15) is 40.5 Å². The lowest BCUT2D eigenvalue weighted by molar-refractivity contribution is -0.513. The van der Waals surface area contributed by atoms with Crippen molar-refractivity contribution in [1.82, 2.24) is 0 Å². The number of hydrogen-bond donors (Lipinski definition) is 1. The minimum atomic E-state index is -0.0440. The molecule has 0 aliphatic rings. The molecule has 1 atom stereocenters. The van der Waals surface area contributed by atoms with Crippen LogP contribution in [0.25, 0.3) is 0 Å². The average molecular weight is 162 g/mol. The molecule has 0 saturated carbocycles. The summed E-state index contributed by atoms with van der Waals surface area (Å²) < 4.78 is 0. The van der Waals surface area contributed by atoms with E-state index in [2.05, 4.69) is 12.0 Å². The fourth-order valence-corrected chi connectivity index (χ4v) is 0.940. The van der Waals surface area contributed by atoms with Crippen LogP contribution >= 0.6 is 0 Å². The Balaban J connectivity index is 3.88. The molecule has 1 unspecified atom stereocenters. The SMILES string of the molecule is CCCC(OOO)C(C)(C)C. The molecule has 0 aromatic rings. The fraction of sp³-hybridized carbons (Fsp3) is 1.00. The van der Waals surface area contributed by atoms with E-state index in [0.29, 0.717) is 0 Å². The van der Waals surface area contributed by atoms with E-state index in [9.17, 15) is 0 Å². The molecule has 0 amide bonds. The van der Waals surface area contributed by atoms with Crippen molar-refractivity contribution in [2.24, 2.45) is 5.41 Å². The first-order valence-electron chi connectivity index (χ1n) is 3.99. The smallest absolute Gasteiger partial charge is 0.101 e. The lowest BCUT2D eigenvalue weighted by atomic mass is 9.87. The van der Waals surface area contributed by atoms with Crippen LogP contribution < -0.4 is 0 Å². The highest BCUT2D eigenvalue weighted by atomic mass is 17.5. The van der Waals surface area contributed by atoms with Crippen molar-refractivity contribution in [1.29, 1.82) is 0 Å². The second-order valence-electron chi connectivity index (χ2n) is 3.81. The van der Waals surface area contributed by atoms with Crippen LogP contribution in [0.5, 0.6) is 0 Å². The molecule has 68 valence electrons. The average Bonchev–Trinajstić information content (AvgIpc) is 1.85. The molecule has 0 saturated heterocycles. The molecule has 3 nitrogen and oxygen atoms in total. The third kappa shape index (κ3) is 4.35. The van der Waals surface area contributed by atoms with E-state index in [-0.39, 0.29) is 11.5 Å². The van der Waals surface area contributed by atoms with Gasteiger partial charge in [0.1, 0.15) is 6.10 Å². The van der Waals surface area contributed by atoms with Gasteiger partial charge in [0.15, 0.2) is 0 Å². The van der Waals surface area contributed by atoms with Crippen LogP contribution in [0.3, 0.4) is 0 Å². The normalized spacial score (nSPS) is 15.0. The Bertz CT molecular complexity index is 90.0. The van der Waals surface area contributed by atoms with E-state index in [4.69, 9.17) is 10.1 Å². The van der Waals surface area contributed by atoms with Crippen molar-refractivity contribution < 1.29 is 15.2 Å². The van der Waals surface area contributed by atoms with Gasteiger partial charge in [0.25, 0.3) is 0 Å². The Morgan fingerprint density at radius 2 is 1.91 bits per heavy atom. The lowest BCUT2D eigenvalue weighted by Crippen LogP contribution is -2.28. The molecular formula is C8H18O3. The maximum absolute atomic E-state index is 8.10. The first kappa shape index (κ1) is 10.9. The predicted octanol–water partition coefficient (Wildman–Crippen LogP) is 2.62. The highest BCUT2D eigenvalue weighted by Gasteiger charge is 2.25. The lowest BCUT2D eigenvalue weighted by Gasteiger charge is -2.27. The molecule has 0 aliphatic carbocycles. The van der Waals surface area contributed by atoms with Gasteiger partial charge in [-0.3, -0.25) is 0 Å². The highest BCUT2D eigenvalue weighted by Crippen LogP contribution is 2.25. The van der Waals surface area contributed by atoms with Gasteiger partial charge in [0.05, 0.1) is 0 Å². The van der Waals surface area contributed by atoms with E-state index in [1.54, 1.807) is 0 Å². The van der Waals surface area contributed by atoms with E-state index >= 15 is 0 Å². The Hall–Kier alpha value is -0.120. The molecule has 0 fully saturated rings. The monoisotopic (exact) mass is 162 g/mol. The quantitative estimate of drug-likeness (QED) is 0.510. The van der Waals surface area contributed by atoms with E-state index in [0.717, 1.165) is 12.8 Å². The highest BCUT2D eigenvalue weighted by molar-refractivity contribution is 4.72. The second kappa shape index (κ2) is 4.70. The van der Waals surface area contributed by atoms with Crippen LogP contribution in [0.4, 0.5) is 0 Å². The zero-order valence-electron chi connectivity index (χ0n) is 7.76. The maximum Gasteiger partial charge on any atom is 0.101 e. The Labute approximate surface area is 68.2 Å². The van der Waals surface area contributed by atoms with Gasteiger partial charge in [-0.1, -0.05) is 39.2 Å². The van der Waals surface area contributed by atoms with Gasteiger partial charge in [-0.05, 0) is 11.8 Å². The first-order valence-corrected chi connectivity index (χ1v) is 3.99. The summed E-state index contributed by atoms with van der Waals surface area (Å²) in [5, 5.41) is 11.8. The zero-order valence-corrected chi connectivity index (χ0v) is 7.76. The predicted molar refractivity (Wildman–Crippen MR) is 42.9 cm³/mol. The molecular weight excluding hydrogens is 144 g/mol. The fourth-order valence-electron chi connectivity index (χ4n) is 0.940. The minimum Gasteiger partial charge on any atom is -0.221 e. The van der Waals surface area contributed by atoms with Crippen LogP contribution in [-0.4, -0.2) is 11.4 Å². The van der Waals surface area contributed by atoms with Gasteiger partial charge in [-0.15, -0.1) is 0 Å². The van der Waals surface area contributed by atoms with Gasteiger partial charge < -0.3 is 0 Å². The molecule has 3 heteroatoms.